The molecule has 0 aliphatic carbocycles. The summed E-state index contributed by atoms with van der Waals surface area (Å²) >= 11 is 1.26. The maximum atomic E-state index is 11.9. The summed E-state index contributed by atoms with van der Waals surface area (Å²) in [5, 5.41) is 10.2. The summed E-state index contributed by atoms with van der Waals surface area (Å²) in [5.74, 6) is -0.439. The summed E-state index contributed by atoms with van der Waals surface area (Å²) in [6.45, 7) is 2.52. The second-order valence-corrected chi connectivity index (χ2v) is 7.85. The minimum absolute atomic E-state index is 0.0320. The van der Waals surface area contributed by atoms with Crippen molar-refractivity contribution >= 4 is 38.1 Å². The smallest absolute Gasteiger partial charge is 0.357 e. The van der Waals surface area contributed by atoms with Crippen molar-refractivity contribution in [3.63, 3.8) is 0 Å². The standard InChI is InChI=1S/C16H21N3O4S2/c1-2-3-4-5-10-23-15(20)14-11-24-16(19-14)18-12-6-8-13(9-7-12)25(17,21)22/h6-9,11H,2-5,10H2,1H3,(H,18,19)(H2,17,21,22). The summed E-state index contributed by atoms with van der Waals surface area (Å²) in [4.78, 5) is 16.1. The second kappa shape index (κ2) is 8.93. The van der Waals surface area contributed by atoms with Crippen molar-refractivity contribution < 1.29 is 17.9 Å². The van der Waals surface area contributed by atoms with E-state index >= 15 is 0 Å². The molecule has 7 nitrogen and oxygen atoms in total. The zero-order valence-electron chi connectivity index (χ0n) is 13.9. The second-order valence-electron chi connectivity index (χ2n) is 5.43. The third-order valence-corrected chi connectivity index (χ3v) is 5.07. The van der Waals surface area contributed by atoms with Gasteiger partial charge in [-0.2, -0.15) is 0 Å². The summed E-state index contributed by atoms with van der Waals surface area (Å²) in [6, 6.07) is 5.95. The maximum Gasteiger partial charge on any atom is 0.357 e. The van der Waals surface area contributed by atoms with Crippen LogP contribution in [0.2, 0.25) is 0 Å². The number of benzene rings is 1. The van der Waals surface area contributed by atoms with Crippen LogP contribution in [-0.4, -0.2) is 26.0 Å². The molecule has 0 fully saturated rings. The molecule has 0 atom stereocenters. The molecule has 0 bridgehead atoms. The largest absolute Gasteiger partial charge is 0.461 e. The molecule has 0 radical (unpaired) electrons. The fraction of sp³-hybridized carbons (Fsp3) is 0.375. The number of rotatable bonds is 9. The first kappa shape index (κ1) is 19.4. The number of sulfonamides is 1. The average Bonchev–Trinajstić information content (AvgIpc) is 3.03. The lowest BCUT2D eigenvalue weighted by Crippen LogP contribution is -2.11. The molecular weight excluding hydrogens is 362 g/mol. The first-order valence-electron chi connectivity index (χ1n) is 7.92. The van der Waals surface area contributed by atoms with E-state index in [1.807, 2.05) is 0 Å². The van der Waals surface area contributed by atoms with E-state index in [-0.39, 0.29) is 10.6 Å². The van der Waals surface area contributed by atoms with Gasteiger partial charge in [-0.15, -0.1) is 11.3 Å². The van der Waals surface area contributed by atoms with Crippen LogP contribution in [0, 0.1) is 0 Å². The Balaban J connectivity index is 1.89. The van der Waals surface area contributed by atoms with E-state index in [1.165, 1.54) is 23.5 Å². The predicted molar refractivity (Wildman–Crippen MR) is 97.6 cm³/mol. The van der Waals surface area contributed by atoms with Gasteiger partial charge in [-0.25, -0.2) is 23.3 Å². The minimum Gasteiger partial charge on any atom is -0.461 e. The van der Waals surface area contributed by atoms with E-state index in [1.54, 1.807) is 17.5 Å². The first-order valence-corrected chi connectivity index (χ1v) is 10.4. The number of nitrogens with two attached hydrogens (primary N) is 1. The predicted octanol–water partition coefficient (Wildman–Crippen LogP) is 3.27. The molecule has 0 unspecified atom stereocenters. The SMILES string of the molecule is CCCCCCOC(=O)c1csc(Nc2ccc(S(N)(=O)=O)cc2)n1. The average molecular weight is 383 g/mol. The molecule has 0 aliphatic heterocycles. The Morgan fingerprint density at radius 1 is 1.24 bits per heavy atom. The van der Waals surface area contributed by atoms with Crippen LogP contribution in [0.5, 0.6) is 0 Å². The first-order chi connectivity index (χ1) is 11.9. The Morgan fingerprint density at radius 2 is 1.96 bits per heavy atom. The van der Waals surface area contributed by atoms with Gasteiger partial charge in [-0.1, -0.05) is 26.2 Å². The number of esters is 1. The molecule has 0 spiro atoms. The lowest BCUT2D eigenvalue weighted by molar-refractivity contribution is 0.0492. The summed E-state index contributed by atoms with van der Waals surface area (Å²) in [7, 11) is -3.72. The van der Waals surface area contributed by atoms with Crippen LogP contribution < -0.4 is 10.5 Å². The molecular formula is C16H21N3O4S2. The molecule has 2 rings (SSSR count). The number of nitrogens with zero attached hydrogens (tertiary/aromatic N) is 1. The Hall–Kier alpha value is -1.97. The van der Waals surface area contributed by atoms with Crippen molar-refractivity contribution in [2.75, 3.05) is 11.9 Å². The van der Waals surface area contributed by atoms with Gasteiger partial charge in [0.15, 0.2) is 10.8 Å². The third-order valence-electron chi connectivity index (χ3n) is 3.38. The highest BCUT2D eigenvalue weighted by atomic mass is 32.2. The van der Waals surface area contributed by atoms with Crippen LogP contribution in [0.4, 0.5) is 10.8 Å². The van der Waals surface area contributed by atoms with E-state index in [2.05, 4.69) is 17.2 Å². The monoisotopic (exact) mass is 383 g/mol. The van der Waals surface area contributed by atoms with E-state index < -0.39 is 16.0 Å². The van der Waals surface area contributed by atoms with Crippen molar-refractivity contribution in [3.8, 4) is 0 Å². The molecule has 1 aromatic carbocycles. The zero-order valence-corrected chi connectivity index (χ0v) is 15.5. The van der Waals surface area contributed by atoms with Crippen LogP contribution in [0.15, 0.2) is 34.5 Å². The van der Waals surface area contributed by atoms with Crippen molar-refractivity contribution in [3.05, 3.63) is 35.3 Å². The summed E-state index contributed by atoms with van der Waals surface area (Å²) < 4.78 is 27.6. The van der Waals surface area contributed by atoms with Crippen molar-refractivity contribution in [2.45, 2.75) is 37.5 Å². The highest BCUT2D eigenvalue weighted by Gasteiger charge is 2.13. The fourth-order valence-corrected chi connectivity index (χ4v) is 3.26. The maximum absolute atomic E-state index is 11.9. The van der Waals surface area contributed by atoms with Gasteiger partial charge < -0.3 is 10.1 Å². The minimum atomic E-state index is -3.72. The lowest BCUT2D eigenvalue weighted by Gasteiger charge is -2.04. The molecule has 9 heteroatoms. The lowest BCUT2D eigenvalue weighted by atomic mass is 10.2. The van der Waals surface area contributed by atoms with Gasteiger partial charge in [-0.05, 0) is 30.7 Å². The quantitative estimate of drug-likeness (QED) is 0.508. The number of hydrogen-bond acceptors (Lipinski definition) is 7. The normalized spacial score (nSPS) is 11.3. The highest BCUT2D eigenvalue weighted by molar-refractivity contribution is 7.89. The van der Waals surface area contributed by atoms with Crippen LogP contribution in [0.1, 0.15) is 43.1 Å². The van der Waals surface area contributed by atoms with E-state index in [4.69, 9.17) is 9.88 Å². The number of hydrogen-bond donors (Lipinski definition) is 2. The van der Waals surface area contributed by atoms with E-state index in [9.17, 15) is 13.2 Å². The third kappa shape index (κ3) is 6.11. The molecule has 1 heterocycles. The molecule has 25 heavy (non-hydrogen) atoms. The van der Waals surface area contributed by atoms with Gasteiger partial charge in [0.05, 0.1) is 11.5 Å². The molecule has 0 amide bonds. The number of aromatic nitrogens is 1. The number of unbranched alkanes of at least 4 members (excludes halogenated alkanes) is 3. The van der Waals surface area contributed by atoms with Crippen LogP contribution in [-0.2, 0) is 14.8 Å². The van der Waals surface area contributed by atoms with Crippen LogP contribution in [0.25, 0.3) is 0 Å². The number of carbonyl (C=O) groups is 1. The van der Waals surface area contributed by atoms with E-state index in [0.717, 1.165) is 25.7 Å². The number of nitrogens with one attached hydrogen (secondary N) is 1. The summed E-state index contributed by atoms with van der Waals surface area (Å²) in [5.41, 5.74) is 0.894. The number of anilines is 2. The van der Waals surface area contributed by atoms with Crippen molar-refractivity contribution in [2.24, 2.45) is 5.14 Å². The molecule has 136 valence electrons. The summed E-state index contributed by atoms with van der Waals surface area (Å²) in [6.07, 6.45) is 4.16. The highest BCUT2D eigenvalue weighted by Crippen LogP contribution is 2.22. The van der Waals surface area contributed by atoms with Crippen LogP contribution >= 0.6 is 11.3 Å². The van der Waals surface area contributed by atoms with Gasteiger partial charge in [0.1, 0.15) is 0 Å². The molecule has 0 saturated carbocycles. The molecule has 0 aliphatic rings. The Morgan fingerprint density at radius 3 is 2.60 bits per heavy atom. The molecule has 2 aromatic rings. The van der Waals surface area contributed by atoms with Gasteiger partial charge in [0, 0.05) is 11.1 Å². The van der Waals surface area contributed by atoms with Gasteiger partial charge in [-0.3, -0.25) is 0 Å². The van der Waals surface area contributed by atoms with Crippen molar-refractivity contribution in [1.29, 1.82) is 0 Å². The van der Waals surface area contributed by atoms with Gasteiger partial charge >= 0.3 is 5.97 Å². The molecule has 1 aromatic heterocycles. The van der Waals surface area contributed by atoms with Gasteiger partial charge in [0.2, 0.25) is 10.0 Å². The topological polar surface area (TPSA) is 111 Å². The fourth-order valence-electron chi connectivity index (χ4n) is 2.04. The number of carbonyl (C=O) groups excluding carboxylic acids is 1. The van der Waals surface area contributed by atoms with Crippen molar-refractivity contribution in [1.82, 2.24) is 4.98 Å². The zero-order chi connectivity index (χ0) is 18.3. The molecule has 3 N–H and O–H groups in total. The number of primary sulfonamides is 1. The number of ether oxygens (including phenoxy) is 1. The Bertz CT molecular complexity index is 801. The van der Waals surface area contributed by atoms with E-state index in [0.29, 0.717) is 17.4 Å². The number of thiazole rings is 1. The molecule has 0 saturated heterocycles. The Kier molecular flexibility index (Phi) is 6.91. The van der Waals surface area contributed by atoms with Crippen LogP contribution in [0.3, 0.4) is 0 Å². The van der Waals surface area contributed by atoms with Gasteiger partial charge in [0.25, 0.3) is 0 Å². The Labute approximate surface area is 151 Å².